The average Bonchev–Trinajstić information content (AvgIpc) is 3.02. The fraction of sp³-hybridized carbons (Fsp3) is 0.429. The van der Waals surface area contributed by atoms with E-state index in [1.165, 1.54) is 4.31 Å². The van der Waals surface area contributed by atoms with Crippen LogP contribution in [0, 0.1) is 11.3 Å². The Morgan fingerprint density at radius 3 is 2.81 bits per heavy atom. The molecule has 0 spiro atoms. The van der Waals surface area contributed by atoms with Crippen LogP contribution in [-0.2, 0) is 21.2 Å². The maximum Gasteiger partial charge on any atom is 0.242 e. The molecule has 2 aliphatic rings. The Hall–Kier alpha value is -1.91. The lowest BCUT2D eigenvalue weighted by molar-refractivity contribution is -0.118. The molecule has 0 radical (unpaired) electrons. The number of hydrogen-bond donors (Lipinski definition) is 0. The third-order valence-corrected chi connectivity index (χ3v) is 5.87. The van der Waals surface area contributed by atoms with E-state index in [1.54, 1.807) is 23.1 Å². The van der Waals surface area contributed by atoms with Gasteiger partial charge in [0.25, 0.3) is 0 Å². The molecule has 2 aliphatic heterocycles. The van der Waals surface area contributed by atoms with Crippen molar-refractivity contribution >= 4 is 21.6 Å². The molecule has 0 bridgehead atoms. The molecular weight excluding hydrogens is 290 g/mol. The van der Waals surface area contributed by atoms with E-state index in [0.29, 0.717) is 31.5 Å². The topological polar surface area (TPSA) is 81.5 Å². The molecule has 3 rings (SSSR count). The van der Waals surface area contributed by atoms with Gasteiger partial charge in [0.15, 0.2) is 0 Å². The van der Waals surface area contributed by atoms with Gasteiger partial charge in [0.1, 0.15) is 0 Å². The Morgan fingerprint density at radius 1 is 1.33 bits per heavy atom. The number of sulfonamides is 1. The van der Waals surface area contributed by atoms with Gasteiger partial charge in [-0.05, 0) is 30.5 Å². The van der Waals surface area contributed by atoms with Crippen LogP contribution in [0.2, 0.25) is 0 Å². The van der Waals surface area contributed by atoms with Crippen molar-refractivity contribution in [3.05, 3.63) is 29.3 Å². The second kappa shape index (κ2) is 5.13. The summed E-state index contributed by atoms with van der Waals surface area (Å²) in [7, 11) is -3.27. The molecule has 0 N–H and O–H groups in total. The molecule has 2 heterocycles. The summed E-state index contributed by atoms with van der Waals surface area (Å²) < 4.78 is 24.8. The summed E-state index contributed by atoms with van der Waals surface area (Å²) in [5.74, 6) is -0.107. The number of nitriles is 1. The zero-order valence-electron chi connectivity index (χ0n) is 11.4. The number of rotatable bonds is 2. The molecule has 21 heavy (non-hydrogen) atoms. The van der Waals surface area contributed by atoms with E-state index in [2.05, 4.69) is 6.07 Å². The second-order valence-electron chi connectivity index (χ2n) is 5.21. The van der Waals surface area contributed by atoms with E-state index >= 15 is 0 Å². The number of benzene rings is 1. The third-order valence-electron chi connectivity index (χ3n) is 3.96. The first-order valence-corrected chi connectivity index (χ1v) is 8.44. The van der Waals surface area contributed by atoms with Crippen LogP contribution in [0.5, 0.6) is 0 Å². The summed E-state index contributed by atoms with van der Waals surface area (Å²) in [6.07, 6.45) is 1.21. The molecule has 1 saturated heterocycles. The standard InChI is InChI=1S/C14H15N3O3S/c15-9-11-3-1-4-13-12(11)5-7-17(13)14(18)10-16-6-2-8-21(16,19)20/h1,3-4H,2,5-8,10H2. The molecular formula is C14H15N3O3S. The Morgan fingerprint density at radius 2 is 2.14 bits per heavy atom. The molecule has 7 heteroatoms. The number of anilines is 1. The lowest BCUT2D eigenvalue weighted by Crippen LogP contribution is -2.40. The van der Waals surface area contributed by atoms with Crippen molar-refractivity contribution in [2.75, 3.05) is 30.3 Å². The second-order valence-corrected chi connectivity index (χ2v) is 7.30. The molecule has 110 valence electrons. The van der Waals surface area contributed by atoms with E-state index in [4.69, 9.17) is 5.26 Å². The molecule has 0 atom stereocenters. The van der Waals surface area contributed by atoms with Gasteiger partial charge < -0.3 is 4.90 Å². The fourth-order valence-electron chi connectivity index (χ4n) is 2.90. The number of nitrogens with zero attached hydrogens (tertiary/aromatic N) is 3. The summed E-state index contributed by atoms with van der Waals surface area (Å²) in [4.78, 5) is 14.0. The Balaban J connectivity index is 1.82. The molecule has 1 fully saturated rings. The predicted octanol–water partition coefficient (Wildman–Crippen LogP) is 0.483. The zero-order valence-corrected chi connectivity index (χ0v) is 12.3. The van der Waals surface area contributed by atoms with Crippen LogP contribution in [0.25, 0.3) is 0 Å². The van der Waals surface area contributed by atoms with E-state index in [1.807, 2.05) is 0 Å². The van der Waals surface area contributed by atoms with Crippen molar-refractivity contribution < 1.29 is 13.2 Å². The van der Waals surface area contributed by atoms with Gasteiger partial charge in [-0.3, -0.25) is 4.79 Å². The minimum Gasteiger partial charge on any atom is -0.311 e. The van der Waals surface area contributed by atoms with Gasteiger partial charge in [0, 0.05) is 18.8 Å². The normalized spacial score (nSPS) is 20.2. The summed E-state index contributed by atoms with van der Waals surface area (Å²) in [6.45, 7) is 0.798. The highest BCUT2D eigenvalue weighted by molar-refractivity contribution is 7.89. The van der Waals surface area contributed by atoms with E-state index in [-0.39, 0.29) is 18.2 Å². The highest BCUT2D eigenvalue weighted by Gasteiger charge is 2.33. The van der Waals surface area contributed by atoms with Gasteiger partial charge in [-0.25, -0.2) is 8.42 Å². The SMILES string of the molecule is N#Cc1cccc2c1CCN2C(=O)CN1CCCS1(=O)=O. The molecule has 0 unspecified atom stereocenters. The lowest BCUT2D eigenvalue weighted by Gasteiger charge is -2.21. The van der Waals surface area contributed by atoms with Crippen molar-refractivity contribution in [3.63, 3.8) is 0 Å². The monoisotopic (exact) mass is 305 g/mol. The quantitative estimate of drug-likeness (QED) is 0.796. The summed E-state index contributed by atoms with van der Waals surface area (Å²) in [6, 6.07) is 7.41. The number of hydrogen-bond acceptors (Lipinski definition) is 4. The number of carbonyl (C=O) groups excluding carboxylic acids is 1. The molecule has 6 nitrogen and oxygen atoms in total. The number of carbonyl (C=O) groups is 1. The minimum atomic E-state index is -3.27. The molecule has 0 aliphatic carbocycles. The summed E-state index contributed by atoms with van der Waals surface area (Å²) in [5, 5.41) is 9.08. The van der Waals surface area contributed by atoms with E-state index in [0.717, 1.165) is 11.3 Å². The van der Waals surface area contributed by atoms with Crippen LogP contribution < -0.4 is 4.90 Å². The van der Waals surface area contributed by atoms with Crippen LogP contribution in [0.15, 0.2) is 18.2 Å². The molecule has 1 aromatic carbocycles. The fourth-order valence-corrected chi connectivity index (χ4v) is 4.37. The maximum absolute atomic E-state index is 12.4. The van der Waals surface area contributed by atoms with Crippen molar-refractivity contribution in [1.82, 2.24) is 4.31 Å². The van der Waals surface area contributed by atoms with Crippen molar-refractivity contribution in [2.45, 2.75) is 12.8 Å². The Bertz CT molecular complexity index is 736. The first kappa shape index (κ1) is 14.0. The van der Waals surface area contributed by atoms with Gasteiger partial charge in [-0.1, -0.05) is 6.07 Å². The average molecular weight is 305 g/mol. The van der Waals surface area contributed by atoms with Crippen molar-refractivity contribution in [1.29, 1.82) is 5.26 Å². The van der Waals surface area contributed by atoms with Crippen molar-refractivity contribution in [2.24, 2.45) is 0 Å². The summed E-state index contributed by atoms with van der Waals surface area (Å²) >= 11 is 0. The zero-order chi connectivity index (χ0) is 15.0. The predicted molar refractivity (Wildman–Crippen MR) is 77.2 cm³/mol. The van der Waals surface area contributed by atoms with E-state index in [9.17, 15) is 13.2 Å². The van der Waals surface area contributed by atoms with Gasteiger partial charge in [0.2, 0.25) is 15.9 Å². The highest BCUT2D eigenvalue weighted by atomic mass is 32.2. The minimum absolute atomic E-state index is 0.113. The molecule has 0 saturated carbocycles. The Kier molecular flexibility index (Phi) is 3.43. The first-order valence-electron chi connectivity index (χ1n) is 6.83. The first-order chi connectivity index (χ1) is 10.0. The van der Waals surface area contributed by atoms with Gasteiger partial charge in [-0.15, -0.1) is 0 Å². The summed E-state index contributed by atoms with van der Waals surface area (Å²) in [5.41, 5.74) is 2.19. The molecule has 0 aromatic heterocycles. The van der Waals surface area contributed by atoms with Crippen molar-refractivity contribution in [3.8, 4) is 6.07 Å². The van der Waals surface area contributed by atoms with E-state index < -0.39 is 10.0 Å². The number of fused-ring (bicyclic) bond motifs is 1. The molecule has 1 amide bonds. The third kappa shape index (κ3) is 2.41. The lowest BCUT2D eigenvalue weighted by atomic mass is 10.1. The van der Waals surface area contributed by atoms with Crippen LogP contribution >= 0.6 is 0 Å². The van der Waals surface area contributed by atoms with Crippen LogP contribution in [0.1, 0.15) is 17.5 Å². The molecule has 1 aromatic rings. The maximum atomic E-state index is 12.4. The van der Waals surface area contributed by atoms with Crippen LogP contribution in [0.3, 0.4) is 0 Å². The smallest absolute Gasteiger partial charge is 0.242 e. The van der Waals surface area contributed by atoms with Crippen LogP contribution in [-0.4, -0.2) is 44.0 Å². The largest absolute Gasteiger partial charge is 0.311 e. The number of amides is 1. The van der Waals surface area contributed by atoms with Gasteiger partial charge in [0.05, 0.1) is 23.9 Å². The van der Waals surface area contributed by atoms with Gasteiger partial charge >= 0.3 is 0 Å². The van der Waals surface area contributed by atoms with Crippen LogP contribution in [0.4, 0.5) is 5.69 Å². The Labute approximate surface area is 123 Å². The highest BCUT2D eigenvalue weighted by Crippen LogP contribution is 2.30. The van der Waals surface area contributed by atoms with Gasteiger partial charge in [-0.2, -0.15) is 9.57 Å².